The minimum Gasteiger partial charge on any atom is -0.377 e. The zero-order chi connectivity index (χ0) is 22.7. The van der Waals surface area contributed by atoms with E-state index in [2.05, 4.69) is 16.0 Å². The monoisotopic (exact) mass is 430 g/mol. The van der Waals surface area contributed by atoms with Gasteiger partial charge in [-0.25, -0.2) is 0 Å². The number of nitro groups is 1. The number of nitro benzene ring substituents is 1. The molecule has 162 valence electrons. The van der Waals surface area contributed by atoms with Crippen LogP contribution in [-0.2, 0) is 0 Å². The number of benzene rings is 3. The Hall–Kier alpha value is -4.20. The second-order valence-corrected chi connectivity index (χ2v) is 7.66. The van der Waals surface area contributed by atoms with E-state index >= 15 is 0 Å². The summed E-state index contributed by atoms with van der Waals surface area (Å²) in [4.78, 5) is 36.5. The van der Waals surface area contributed by atoms with Crippen molar-refractivity contribution >= 4 is 34.6 Å². The molecular formula is C24H22N4O4. The Morgan fingerprint density at radius 3 is 2.34 bits per heavy atom. The smallest absolute Gasteiger partial charge is 0.293 e. The van der Waals surface area contributed by atoms with Crippen LogP contribution in [0.1, 0.15) is 39.1 Å². The molecule has 8 heteroatoms. The van der Waals surface area contributed by atoms with E-state index in [-0.39, 0.29) is 23.2 Å². The van der Waals surface area contributed by atoms with Gasteiger partial charge < -0.3 is 16.0 Å². The number of amides is 2. The summed E-state index contributed by atoms with van der Waals surface area (Å²) in [7, 11) is 0. The molecule has 0 spiro atoms. The first-order valence-electron chi connectivity index (χ1n) is 10.2. The largest absolute Gasteiger partial charge is 0.377 e. The van der Waals surface area contributed by atoms with Gasteiger partial charge in [-0.15, -0.1) is 0 Å². The van der Waals surface area contributed by atoms with Gasteiger partial charge in [0.05, 0.1) is 4.92 Å². The molecule has 0 atom stereocenters. The average Bonchev–Trinajstić information content (AvgIpc) is 3.60. The summed E-state index contributed by atoms with van der Waals surface area (Å²) in [6, 6.07) is 18.7. The number of nitrogens with one attached hydrogen (secondary N) is 3. The molecule has 0 bridgehead atoms. The minimum atomic E-state index is -0.499. The Bertz CT molecular complexity index is 1190. The molecule has 3 aromatic rings. The zero-order valence-electron chi connectivity index (χ0n) is 17.4. The van der Waals surface area contributed by atoms with Crippen molar-refractivity contribution in [2.75, 3.05) is 16.0 Å². The van der Waals surface area contributed by atoms with Crippen molar-refractivity contribution in [2.24, 2.45) is 0 Å². The highest BCUT2D eigenvalue weighted by Crippen LogP contribution is 2.32. The fraction of sp³-hybridized carbons (Fsp3) is 0.167. The van der Waals surface area contributed by atoms with Crippen LogP contribution < -0.4 is 16.0 Å². The fourth-order valence-corrected chi connectivity index (χ4v) is 3.33. The van der Waals surface area contributed by atoms with Gasteiger partial charge in [0, 0.05) is 34.6 Å². The molecule has 1 fully saturated rings. The van der Waals surface area contributed by atoms with E-state index in [0.29, 0.717) is 28.2 Å². The van der Waals surface area contributed by atoms with Crippen molar-refractivity contribution in [3.05, 3.63) is 93.5 Å². The first-order valence-corrected chi connectivity index (χ1v) is 10.2. The van der Waals surface area contributed by atoms with Gasteiger partial charge >= 0.3 is 0 Å². The third-order valence-corrected chi connectivity index (χ3v) is 5.25. The van der Waals surface area contributed by atoms with Crippen molar-refractivity contribution in [2.45, 2.75) is 25.8 Å². The molecule has 3 N–H and O–H groups in total. The maximum atomic E-state index is 12.8. The van der Waals surface area contributed by atoms with E-state index in [4.69, 9.17) is 0 Å². The molecule has 0 aromatic heterocycles. The van der Waals surface area contributed by atoms with Crippen molar-refractivity contribution in [1.82, 2.24) is 0 Å². The van der Waals surface area contributed by atoms with Gasteiger partial charge in [-0.3, -0.25) is 19.7 Å². The molecule has 32 heavy (non-hydrogen) atoms. The molecule has 0 saturated heterocycles. The average molecular weight is 430 g/mol. The van der Waals surface area contributed by atoms with Gasteiger partial charge in [0.25, 0.3) is 17.5 Å². The molecular weight excluding hydrogens is 408 g/mol. The molecule has 0 aliphatic heterocycles. The molecule has 2 amide bonds. The van der Waals surface area contributed by atoms with Crippen molar-refractivity contribution in [3.63, 3.8) is 0 Å². The minimum absolute atomic E-state index is 0.141. The zero-order valence-corrected chi connectivity index (χ0v) is 17.4. The molecule has 0 unspecified atom stereocenters. The maximum absolute atomic E-state index is 12.8. The summed E-state index contributed by atoms with van der Waals surface area (Å²) in [5, 5.41) is 20.2. The fourth-order valence-electron chi connectivity index (χ4n) is 3.33. The number of carbonyl (C=O) groups is 2. The second-order valence-electron chi connectivity index (χ2n) is 7.66. The van der Waals surface area contributed by atoms with Crippen molar-refractivity contribution < 1.29 is 14.5 Å². The highest BCUT2D eigenvalue weighted by Gasteiger charge is 2.25. The van der Waals surface area contributed by atoms with Gasteiger partial charge in [0.15, 0.2) is 0 Å². The van der Waals surface area contributed by atoms with Gasteiger partial charge in [-0.05, 0) is 61.7 Å². The lowest BCUT2D eigenvalue weighted by Gasteiger charge is -2.13. The first kappa shape index (κ1) is 21.0. The Kier molecular flexibility index (Phi) is 5.85. The van der Waals surface area contributed by atoms with E-state index in [9.17, 15) is 19.7 Å². The molecule has 4 rings (SSSR count). The lowest BCUT2D eigenvalue weighted by atomic mass is 10.0. The number of para-hydroxylation sites is 1. The summed E-state index contributed by atoms with van der Waals surface area (Å²) < 4.78 is 0. The summed E-state index contributed by atoms with van der Waals surface area (Å²) in [5.41, 5.74) is 2.56. The number of carbonyl (C=O) groups excluding carboxylic acids is 2. The van der Waals surface area contributed by atoms with Crippen LogP contribution >= 0.6 is 0 Å². The Labute approximate surface area is 184 Å². The van der Waals surface area contributed by atoms with Gasteiger partial charge in [0.2, 0.25) is 0 Å². The van der Waals surface area contributed by atoms with E-state index < -0.39 is 10.8 Å². The van der Waals surface area contributed by atoms with Gasteiger partial charge in [0.1, 0.15) is 5.69 Å². The normalized spacial score (nSPS) is 12.7. The summed E-state index contributed by atoms with van der Waals surface area (Å²) in [5.74, 6) is -0.786. The van der Waals surface area contributed by atoms with E-state index in [1.807, 2.05) is 18.2 Å². The highest BCUT2D eigenvalue weighted by atomic mass is 16.6. The molecule has 1 saturated carbocycles. The van der Waals surface area contributed by atoms with Crippen LogP contribution in [0.4, 0.5) is 22.7 Å². The number of hydrogen-bond donors (Lipinski definition) is 3. The van der Waals surface area contributed by atoms with E-state index in [1.54, 1.807) is 49.4 Å². The SMILES string of the molecule is Cc1c(NC(=O)c2ccc(NC3CC3)c([N+](=O)[O-])c2)cccc1C(=O)Nc1ccccc1. The standard InChI is InChI=1S/C24H22N4O4/c1-15-19(24(30)26-17-6-3-2-4-7-17)8-5-9-20(15)27-23(29)16-10-13-21(25-18-11-12-18)22(14-16)28(31)32/h2-10,13-14,18,25H,11-12H2,1H3,(H,26,30)(H,27,29). The number of anilines is 3. The topological polar surface area (TPSA) is 113 Å². The van der Waals surface area contributed by atoms with Crippen molar-refractivity contribution in [3.8, 4) is 0 Å². The van der Waals surface area contributed by atoms with E-state index in [1.165, 1.54) is 6.07 Å². The molecule has 1 aliphatic carbocycles. The summed E-state index contributed by atoms with van der Waals surface area (Å²) in [6.07, 6.45) is 1.96. The third-order valence-electron chi connectivity index (χ3n) is 5.25. The number of rotatable bonds is 7. The lowest BCUT2D eigenvalue weighted by Crippen LogP contribution is -2.17. The predicted molar refractivity (Wildman–Crippen MR) is 123 cm³/mol. The molecule has 0 heterocycles. The second kappa shape index (κ2) is 8.89. The van der Waals surface area contributed by atoms with E-state index in [0.717, 1.165) is 12.8 Å². The Morgan fingerprint density at radius 2 is 1.66 bits per heavy atom. The van der Waals surface area contributed by atoms with Crippen LogP contribution in [0.15, 0.2) is 66.7 Å². The van der Waals surface area contributed by atoms with Crippen LogP contribution in [0.2, 0.25) is 0 Å². The third kappa shape index (κ3) is 4.75. The number of hydrogen-bond acceptors (Lipinski definition) is 5. The summed E-state index contributed by atoms with van der Waals surface area (Å²) >= 11 is 0. The number of nitrogens with zero attached hydrogens (tertiary/aromatic N) is 1. The van der Waals surface area contributed by atoms with Crippen LogP contribution in [0.5, 0.6) is 0 Å². The molecule has 1 aliphatic rings. The summed E-state index contributed by atoms with van der Waals surface area (Å²) in [6.45, 7) is 1.74. The lowest BCUT2D eigenvalue weighted by molar-refractivity contribution is -0.384. The molecule has 0 radical (unpaired) electrons. The van der Waals surface area contributed by atoms with Crippen LogP contribution in [0, 0.1) is 17.0 Å². The van der Waals surface area contributed by atoms with Crippen molar-refractivity contribution in [1.29, 1.82) is 0 Å². The Balaban J connectivity index is 1.53. The predicted octanol–water partition coefficient (Wildman–Crippen LogP) is 4.98. The first-order chi connectivity index (χ1) is 15.4. The van der Waals surface area contributed by atoms with Crippen LogP contribution in [-0.4, -0.2) is 22.8 Å². The maximum Gasteiger partial charge on any atom is 0.293 e. The molecule has 3 aromatic carbocycles. The van der Waals surface area contributed by atoms with Crippen LogP contribution in [0.3, 0.4) is 0 Å². The highest BCUT2D eigenvalue weighted by molar-refractivity contribution is 6.09. The molecule has 8 nitrogen and oxygen atoms in total. The van der Waals surface area contributed by atoms with Gasteiger partial charge in [-0.2, -0.15) is 0 Å². The van der Waals surface area contributed by atoms with Crippen LogP contribution in [0.25, 0.3) is 0 Å². The van der Waals surface area contributed by atoms with Gasteiger partial charge in [-0.1, -0.05) is 24.3 Å². The Morgan fingerprint density at radius 1 is 0.906 bits per heavy atom. The quantitative estimate of drug-likeness (QED) is 0.361.